The van der Waals surface area contributed by atoms with Crippen molar-refractivity contribution in [3.8, 4) is 0 Å². The van der Waals surface area contributed by atoms with E-state index < -0.39 is 10.0 Å². The zero-order valence-corrected chi connectivity index (χ0v) is 16.5. The maximum Gasteiger partial charge on any atom is 0.219 e. The van der Waals surface area contributed by atoms with E-state index >= 15 is 0 Å². The molecule has 0 spiro atoms. The van der Waals surface area contributed by atoms with Gasteiger partial charge in [0.05, 0.1) is 5.75 Å². The van der Waals surface area contributed by atoms with Crippen molar-refractivity contribution in [1.29, 1.82) is 0 Å². The largest absolute Gasteiger partial charge is 0.425 e. The average molecular weight is 386 g/mol. The van der Waals surface area contributed by atoms with E-state index in [0.29, 0.717) is 30.8 Å². The monoisotopic (exact) mass is 385 g/mol. The molecule has 2 saturated heterocycles. The molecule has 1 atom stereocenters. The Balaban J connectivity index is 1.49. The van der Waals surface area contributed by atoms with Crippen LogP contribution in [0, 0.1) is 5.92 Å². The van der Waals surface area contributed by atoms with E-state index in [2.05, 4.69) is 10.2 Å². The van der Waals surface area contributed by atoms with Crippen molar-refractivity contribution in [2.45, 2.75) is 64.2 Å². The number of ether oxygens (including phenoxy) is 1. The molecular formula is C18H31N3O4S. The molecule has 2 fully saturated rings. The third-order valence-electron chi connectivity index (χ3n) is 5.45. The number of sulfonamides is 1. The Morgan fingerprint density at radius 3 is 2.77 bits per heavy atom. The lowest BCUT2D eigenvalue weighted by molar-refractivity contribution is 0.0791. The summed E-state index contributed by atoms with van der Waals surface area (Å²) in [7, 11) is -3.10. The summed E-state index contributed by atoms with van der Waals surface area (Å²) in [4.78, 5) is 0. The summed E-state index contributed by atoms with van der Waals surface area (Å²) in [6, 6.07) is 0. The molecule has 0 aromatic carbocycles. The molecule has 0 bridgehead atoms. The topological polar surface area (TPSA) is 85.5 Å². The quantitative estimate of drug-likeness (QED) is 0.684. The first-order valence-corrected chi connectivity index (χ1v) is 11.6. The highest BCUT2D eigenvalue weighted by Gasteiger charge is 2.29. The summed E-state index contributed by atoms with van der Waals surface area (Å²) >= 11 is 0. The number of hydrogen-bond donors (Lipinski definition) is 0. The Morgan fingerprint density at radius 2 is 2.00 bits per heavy atom. The summed E-state index contributed by atoms with van der Waals surface area (Å²) in [5, 5.41) is 8.41. The van der Waals surface area contributed by atoms with Crippen molar-refractivity contribution in [2.75, 3.05) is 32.1 Å². The normalized spacial score (nSPS) is 23.3. The number of nitrogens with zero attached hydrogens (tertiary/aromatic N) is 3. The van der Waals surface area contributed by atoms with Gasteiger partial charge < -0.3 is 9.15 Å². The standard InChI is InChI=1S/C18H31N3O4S/c1-2-3-13-26(22,23)21-10-4-5-15(14-21)6-7-17-19-20-18(25-17)16-8-11-24-12-9-16/h15-16H,2-14H2,1H3. The Bertz CT molecular complexity index is 655. The highest BCUT2D eigenvalue weighted by Crippen LogP contribution is 2.27. The van der Waals surface area contributed by atoms with Gasteiger partial charge >= 0.3 is 0 Å². The van der Waals surface area contributed by atoms with E-state index in [1.165, 1.54) is 0 Å². The lowest BCUT2D eigenvalue weighted by Crippen LogP contribution is -2.41. The van der Waals surface area contributed by atoms with E-state index in [4.69, 9.17) is 9.15 Å². The van der Waals surface area contributed by atoms with Crippen molar-refractivity contribution in [3.63, 3.8) is 0 Å². The van der Waals surface area contributed by atoms with Gasteiger partial charge in [0.1, 0.15) is 0 Å². The van der Waals surface area contributed by atoms with Crippen LogP contribution in [0.5, 0.6) is 0 Å². The van der Waals surface area contributed by atoms with Crippen LogP contribution in [0.2, 0.25) is 0 Å². The van der Waals surface area contributed by atoms with Crippen LogP contribution in [-0.2, 0) is 21.2 Å². The van der Waals surface area contributed by atoms with Crippen LogP contribution < -0.4 is 0 Å². The SMILES string of the molecule is CCCCS(=O)(=O)N1CCCC(CCc2nnc(C3CCOCC3)o2)C1. The molecule has 0 amide bonds. The van der Waals surface area contributed by atoms with Crippen LogP contribution in [0.3, 0.4) is 0 Å². The summed E-state index contributed by atoms with van der Waals surface area (Å²) in [5.74, 6) is 2.37. The first-order valence-electron chi connectivity index (χ1n) is 9.96. The molecule has 8 heteroatoms. The van der Waals surface area contributed by atoms with Crippen LogP contribution in [0.1, 0.15) is 69.6 Å². The Labute approximate surface area is 156 Å². The van der Waals surface area contributed by atoms with Gasteiger partial charge in [-0.2, -0.15) is 0 Å². The van der Waals surface area contributed by atoms with Crippen LogP contribution in [0.25, 0.3) is 0 Å². The molecule has 7 nitrogen and oxygen atoms in total. The second kappa shape index (κ2) is 9.28. The third kappa shape index (κ3) is 5.27. The minimum atomic E-state index is -3.10. The number of aromatic nitrogens is 2. The minimum absolute atomic E-state index is 0.272. The number of piperidine rings is 1. The molecular weight excluding hydrogens is 354 g/mol. The minimum Gasteiger partial charge on any atom is -0.425 e. The van der Waals surface area contributed by atoms with E-state index in [-0.39, 0.29) is 5.75 Å². The zero-order valence-electron chi connectivity index (χ0n) is 15.7. The molecule has 0 aliphatic carbocycles. The van der Waals surface area contributed by atoms with Crippen LogP contribution >= 0.6 is 0 Å². The summed E-state index contributed by atoms with van der Waals surface area (Å²) in [6.45, 7) is 4.83. The van der Waals surface area contributed by atoms with Crippen molar-refractivity contribution in [3.05, 3.63) is 11.8 Å². The lowest BCUT2D eigenvalue weighted by Gasteiger charge is -2.31. The molecule has 0 radical (unpaired) electrons. The van der Waals surface area contributed by atoms with Gasteiger partial charge in [0.25, 0.3) is 0 Å². The molecule has 0 N–H and O–H groups in total. The maximum atomic E-state index is 12.4. The van der Waals surface area contributed by atoms with Gasteiger partial charge in [0, 0.05) is 38.6 Å². The molecule has 3 rings (SSSR count). The summed E-state index contributed by atoms with van der Waals surface area (Å²) in [6.07, 6.45) is 7.15. The summed E-state index contributed by atoms with van der Waals surface area (Å²) < 4.78 is 37.8. The number of unbranched alkanes of at least 4 members (excludes halogenated alkanes) is 1. The van der Waals surface area contributed by atoms with Crippen molar-refractivity contribution in [1.82, 2.24) is 14.5 Å². The zero-order chi connectivity index (χ0) is 18.4. The highest BCUT2D eigenvalue weighted by atomic mass is 32.2. The van der Waals surface area contributed by atoms with Gasteiger partial charge in [0.2, 0.25) is 21.8 Å². The van der Waals surface area contributed by atoms with Gasteiger partial charge in [-0.15, -0.1) is 10.2 Å². The molecule has 2 aliphatic heterocycles. The van der Waals surface area contributed by atoms with Crippen molar-refractivity contribution in [2.24, 2.45) is 5.92 Å². The number of rotatable bonds is 8. The molecule has 148 valence electrons. The molecule has 26 heavy (non-hydrogen) atoms. The molecule has 1 aromatic heterocycles. The van der Waals surface area contributed by atoms with Gasteiger partial charge in [-0.3, -0.25) is 0 Å². The highest BCUT2D eigenvalue weighted by molar-refractivity contribution is 7.89. The van der Waals surface area contributed by atoms with Crippen LogP contribution in [0.4, 0.5) is 0 Å². The van der Waals surface area contributed by atoms with E-state index in [1.54, 1.807) is 4.31 Å². The van der Waals surface area contributed by atoms with E-state index in [9.17, 15) is 8.42 Å². The van der Waals surface area contributed by atoms with Gasteiger partial charge in [-0.25, -0.2) is 12.7 Å². The molecule has 1 unspecified atom stereocenters. The van der Waals surface area contributed by atoms with E-state index in [1.807, 2.05) is 6.92 Å². The summed E-state index contributed by atoms with van der Waals surface area (Å²) in [5.41, 5.74) is 0. The van der Waals surface area contributed by atoms with Crippen molar-refractivity contribution < 1.29 is 17.6 Å². The second-order valence-electron chi connectivity index (χ2n) is 7.50. The Hall–Kier alpha value is -0.990. The van der Waals surface area contributed by atoms with E-state index in [0.717, 1.165) is 70.5 Å². The smallest absolute Gasteiger partial charge is 0.219 e. The Morgan fingerprint density at radius 1 is 1.19 bits per heavy atom. The lowest BCUT2D eigenvalue weighted by atomic mass is 9.95. The fraction of sp³-hybridized carbons (Fsp3) is 0.889. The fourth-order valence-electron chi connectivity index (χ4n) is 3.78. The first kappa shape index (κ1) is 19.8. The predicted molar refractivity (Wildman–Crippen MR) is 98.4 cm³/mol. The number of aryl methyl sites for hydroxylation is 1. The van der Waals surface area contributed by atoms with Gasteiger partial charge in [-0.05, 0) is 44.4 Å². The van der Waals surface area contributed by atoms with Gasteiger partial charge in [-0.1, -0.05) is 13.3 Å². The predicted octanol–water partition coefficient (Wildman–Crippen LogP) is 2.74. The first-order chi connectivity index (χ1) is 12.6. The third-order valence-corrected chi connectivity index (χ3v) is 7.37. The molecule has 2 aliphatic rings. The second-order valence-corrected chi connectivity index (χ2v) is 9.58. The maximum absolute atomic E-state index is 12.4. The van der Waals surface area contributed by atoms with Crippen LogP contribution in [-0.4, -0.2) is 55.0 Å². The molecule has 1 aromatic rings. The molecule has 0 saturated carbocycles. The van der Waals surface area contributed by atoms with Crippen LogP contribution in [0.15, 0.2) is 4.42 Å². The Kier molecular flexibility index (Phi) is 7.05. The van der Waals surface area contributed by atoms with Gasteiger partial charge in [0.15, 0.2) is 0 Å². The average Bonchev–Trinajstić information content (AvgIpc) is 3.15. The van der Waals surface area contributed by atoms with Crippen molar-refractivity contribution >= 4 is 10.0 Å². The molecule has 3 heterocycles. The number of hydrogen-bond acceptors (Lipinski definition) is 6. The fourth-order valence-corrected chi connectivity index (χ4v) is 5.53.